The zero-order chi connectivity index (χ0) is 27.2. The molecular formula is C32H40F2N2O2. The van der Waals surface area contributed by atoms with Crippen molar-refractivity contribution >= 4 is 5.97 Å². The fraction of sp³-hybridized carbons (Fsp3) is 0.531. The number of piperidine rings is 1. The fourth-order valence-electron chi connectivity index (χ4n) is 6.52. The molecule has 2 heterocycles. The number of likely N-dealkylation sites (tertiary alicyclic amines) is 2. The predicted octanol–water partition coefficient (Wildman–Crippen LogP) is 5.81. The lowest BCUT2D eigenvalue weighted by molar-refractivity contribution is -0.144. The van der Waals surface area contributed by atoms with Crippen LogP contribution in [0.5, 0.6) is 0 Å². The van der Waals surface area contributed by atoms with Gasteiger partial charge in [0.05, 0.1) is 5.56 Å². The van der Waals surface area contributed by atoms with Crippen molar-refractivity contribution in [1.82, 2.24) is 9.80 Å². The first kappa shape index (κ1) is 28.3. The molecule has 4 nitrogen and oxygen atoms in total. The van der Waals surface area contributed by atoms with Crippen LogP contribution in [0.25, 0.3) is 0 Å². The van der Waals surface area contributed by atoms with Gasteiger partial charge in [-0.25, -0.2) is 8.78 Å². The molecule has 204 valence electrons. The highest BCUT2D eigenvalue weighted by molar-refractivity contribution is 5.73. The van der Waals surface area contributed by atoms with Gasteiger partial charge in [-0.2, -0.15) is 0 Å². The molecule has 1 N–H and O–H groups in total. The smallest absolute Gasteiger partial charge is 0.321 e. The van der Waals surface area contributed by atoms with Gasteiger partial charge in [-0.3, -0.25) is 9.69 Å². The Balaban J connectivity index is 1.32. The molecule has 0 aliphatic carbocycles. The summed E-state index contributed by atoms with van der Waals surface area (Å²) in [6, 6.07) is 11.4. The number of halogens is 2. The standard InChI is InChI=1S/C32H40F2N2O2/c1-4-25-17-24(11-12-30(25)34)8-5-7-23-13-15-35(16-14-23)19-27-20-36(31(22(2)3)32(37)38)21-29(27)26-9-6-10-28(33)18-26/h1,6,9-12,17-18,22-23,27,29,31H,5,7-8,13-16,19-21H2,2-3H3,(H,37,38)/t27-,29+,31+/m0/s1. The lowest BCUT2D eigenvalue weighted by atomic mass is 9.86. The third-order valence-corrected chi connectivity index (χ3v) is 8.49. The largest absolute Gasteiger partial charge is 0.480 e. The van der Waals surface area contributed by atoms with Gasteiger partial charge in [0, 0.05) is 25.6 Å². The minimum atomic E-state index is -0.782. The van der Waals surface area contributed by atoms with Crippen molar-refractivity contribution in [2.45, 2.75) is 57.9 Å². The lowest BCUT2D eigenvalue weighted by Crippen LogP contribution is -2.44. The van der Waals surface area contributed by atoms with Crippen molar-refractivity contribution in [2.75, 3.05) is 32.7 Å². The summed E-state index contributed by atoms with van der Waals surface area (Å²) in [5.74, 6) is 2.11. The normalized spacial score (nSPS) is 22.0. The average molecular weight is 523 g/mol. The van der Waals surface area contributed by atoms with Gasteiger partial charge in [0.1, 0.15) is 17.7 Å². The molecule has 0 unspecified atom stereocenters. The van der Waals surface area contributed by atoms with E-state index in [-0.39, 0.29) is 29.4 Å². The second kappa shape index (κ2) is 12.9. The maximum absolute atomic E-state index is 14.1. The Morgan fingerprint density at radius 3 is 2.55 bits per heavy atom. The van der Waals surface area contributed by atoms with Gasteiger partial charge < -0.3 is 10.0 Å². The topological polar surface area (TPSA) is 43.8 Å². The number of carbonyl (C=O) groups is 1. The quantitative estimate of drug-likeness (QED) is 0.400. The first-order chi connectivity index (χ1) is 18.2. The van der Waals surface area contributed by atoms with Gasteiger partial charge in [0.25, 0.3) is 0 Å². The first-order valence-electron chi connectivity index (χ1n) is 13.9. The number of aliphatic carboxylic acids is 1. The zero-order valence-corrected chi connectivity index (χ0v) is 22.6. The SMILES string of the molecule is C#Cc1cc(CCCC2CCN(C[C@H]3CN([C@@H](C(=O)O)C(C)C)C[C@@H]3c3cccc(F)c3)CC2)ccc1F. The molecular weight excluding hydrogens is 482 g/mol. The van der Waals surface area contributed by atoms with Crippen LogP contribution in [-0.2, 0) is 11.2 Å². The van der Waals surface area contributed by atoms with Crippen LogP contribution in [0.3, 0.4) is 0 Å². The molecule has 4 rings (SSSR count). The molecule has 2 aromatic rings. The van der Waals surface area contributed by atoms with Crippen molar-refractivity contribution in [3.8, 4) is 12.3 Å². The van der Waals surface area contributed by atoms with Crippen molar-refractivity contribution in [1.29, 1.82) is 0 Å². The lowest BCUT2D eigenvalue weighted by Gasteiger charge is -2.35. The molecule has 0 amide bonds. The molecule has 2 saturated heterocycles. The van der Waals surface area contributed by atoms with E-state index in [0.29, 0.717) is 24.6 Å². The number of carboxylic acids is 1. The second-order valence-electron chi connectivity index (χ2n) is 11.5. The maximum atomic E-state index is 14.1. The van der Waals surface area contributed by atoms with Gasteiger partial charge in [-0.05, 0) is 91.9 Å². The number of benzene rings is 2. The summed E-state index contributed by atoms with van der Waals surface area (Å²) in [5.41, 5.74) is 2.39. The average Bonchev–Trinajstić information content (AvgIpc) is 3.28. The van der Waals surface area contributed by atoms with E-state index in [1.165, 1.54) is 12.1 Å². The maximum Gasteiger partial charge on any atom is 0.321 e. The van der Waals surface area contributed by atoms with E-state index in [4.69, 9.17) is 6.42 Å². The number of carboxylic acid groups (broad SMARTS) is 1. The summed E-state index contributed by atoms with van der Waals surface area (Å²) in [5, 5.41) is 9.89. The molecule has 0 radical (unpaired) electrons. The van der Waals surface area contributed by atoms with Gasteiger partial charge in [0.15, 0.2) is 0 Å². The minimum Gasteiger partial charge on any atom is -0.480 e. The van der Waals surface area contributed by atoms with E-state index in [9.17, 15) is 18.7 Å². The molecule has 2 fully saturated rings. The number of hydrogen-bond donors (Lipinski definition) is 1. The number of aryl methyl sites for hydroxylation is 1. The van der Waals surface area contributed by atoms with Crippen LogP contribution >= 0.6 is 0 Å². The Labute approximate surface area is 226 Å². The van der Waals surface area contributed by atoms with Gasteiger partial charge in [0.2, 0.25) is 0 Å². The molecule has 0 bridgehead atoms. The third-order valence-electron chi connectivity index (χ3n) is 8.49. The van der Waals surface area contributed by atoms with Crippen LogP contribution in [0.1, 0.15) is 62.1 Å². The molecule has 3 atom stereocenters. The molecule has 0 spiro atoms. The van der Waals surface area contributed by atoms with E-state index in [1.807, 2.05) is 26.0 Å². The van der Waals surface area contributed by atoms with Crippen molar-refractivity contribution < 1.29 is 18.7 Å². The number of rotatable bonds is 10. The van der Waals surface area contributed by atoms with Crippen LogP contribution in [0.2, 0.25) is 0 Å². The Morgan fingerprint density at radius 2 is 1.89 bits per heavy atom. The van der Waals surface area contributed by atoms with E-state index in [2.05, 4.69) is 15.7 Å². The van der Waals surface area contributed by atoms with Crippen molar-refractivity contribution in [3.05, 3.63) is 70.8 Å². The van der Waals surface area contributed by atoms with Crippen LogP contribution in [-0.4, -0.2) is 59.6 Å². The highest BCUT2D eigenvalue weighted by Gasteiger charge is 2.41. The van der Waals surface area contributed by atoms with Crippen LogP contribution in [0.4, 0.5) is 8.78 Å². The summed E-state index contributed by atoms with van der Waals surface area (Å²) < 4.78 is 27.7. The molecule has 6 heteroatoms. The van der Waals surface area contributed by atoms with Crippen molar-refractivity contribution in [2.24, 2.45) is 17.8 Å². The Bertz CT molecular complexity index is 1140. The highest BCUT2D eigenvalue weighted by atomic mass is 19.1. The molecule has 0 aromatic heterocycles. The third kappa shape index (κ3) is 7.01. The molecule has 2 aliphatic rings. The molecule has 38 heavy (non-hydrogen) atoms. The molecule has 2 aromatic carbocycles. The Morgan fingerprint density at radius 1 is 1.13 bits per heavy atom. The van der Waals surface area contributed by atoms with E-state index >= 15 is 0 Å². The first-order valence-corrected chi connectivity index (χ1v) is 13.9. The number of hydrogen-bond acceptors (Lipinski definition) is 3. The molecule has 2 aliphatic heterocycles. The van der Waals surface area contributed by atoms with E-state index in [0.717, 1.165) is 62.9 Å². The summed E-state index contributed by atoms with van der Waals surface area (Å²) in [7, 11) is 0. The predicted molar refractivity (Wildman–Crippen MR) is 147 cm³/mol. The summed E-state index contributed by atoms with van der Waals surface area (Å²) in [6.45, 7) is 8.23. The van der Waals surface area contributed by atoms with Crippen LogP contribution in [0, 0.1) is 41.7 Å². The van der Waals surface area contributed by atoms with Gasteiger partial charge >= 0.3 is 5.97 Å². The monoisotopic (exact) mass is 522 g/mol. The second-order valence-corrected chi connectivity index (χ2v) is 11.5. The molecule has 0 saturated carbocycles. The Kier molecular flexibility index (Phi) is 9.57. The number of nitrogens with zero attached hydrogens (tertiary/aromatic N) is 2. The summed E-state index contributed by atoms with van der Waals surface area (Å²) in [4.78, 5) is 16.7. The zero-order valence-electron chi connectivity index (χ0n) is 22.6. The minimum absolute atomic E-state index is 0.00298. The highest BCUT2D eigenvalue weighted by Crippen LogP contribution is 2.36. The van der Waals surface area contributed by atoms with Crippen molar-refractivity contribution in [3.63, 3.8) is 0 Å². The Hall–Kier alpha value is -2.75. The number of terminal acetylenes is 1. The summed E-state index contributed by atoms with van der Waals surface area (Å²) >= 11 is 0. The van der Waals surface area contributed by atoms with Gasteiger partial charge in [-0.1, -0.05) is 44.4 Å². The van der Waals surface area contributed by atoms with Crippen LogP contribution < -0.4 is 0 Å². The van der Waals surface area contributed by atoms with E-state index in [1.54, 1.807) is 18.2 Å². The van der Waals surface area contributed by atoms with E-state index < -0.39 is 12.0 Å². The van der Waals surface area contributed by atoms with Crippen LogP contribution in [0.15, 0.2) is 42.5 Å². The fourth-order valence-corrected chi connectivity index (χ4v) is 6.52. The van der Waals surface area contributed by atoms with Gasteiger partial charge in [-0.15, -0.1) is 6.42 Å². The summed E-state index contributed by atoms with van der Waals surface area (Å²) in [6.07, 6.45) is 10.8.